The highest BCUT2D eigenvalue weighted by Crippen LogP contribution is 2.43. The maximum absolute atomic E-state index is 14.7. The minimum atomic E-state index is -6.69. The molecule has 2 atom stereocenters. The molecule has 1 aromatic carbocycles. The van der Waals surface area contributed by atoms with Crippen molar-refractivity contribution < 1.29 is 43.6 Å². The van der Waals surface area contributed by atoms with Crippen molar-refractivity contribution >= 4 is 31.6 Å². The quantitative estimate of drug-likeness (QED) is 0.511. The van der Waals surface area contributed by atoms with Crippen molar-refractivity contribution in [3.63, 3.8) is 0 Å². The van der Waals surface area contributed by atoms with E-state index in [4.69, 9.17) is 0 Å². The lowest BCUT2D eigenvalue weighted by atomic mass is 9.67. The van der Waals surface area contributed by atoms with E-state index in [1.165, 1.54) is 30.3 Å². The molecule has 7 nitrogen and oxygen atoms in total. The fourth-order valence-electron chi connectivity index (χ4n) is 4.89. The fourth-order valence-corrected chi connectivity index (χ4v) is 7.18. The van der Waals surface area contributed by atoms with Gasteiger partial charge in [0.05, 0.1) is 0 Å². The molecule has 2 saturated carbocycles. The third-order valence-corrected chi connectivity index (χ3v) is 9.62. The molecule has 1 amide bonds. The first-order valence-electron chi connectivity index (χ1n) is 10.7. The Morgan fingerprint density at radius 2 is 1.47 bits per heavy atom. The minimum absolute atomic E-state index is 0.0457. The van der Waals surface area contributed by atoms with Crippen molar-refractivity contribution in [3.05, 3.63) is 30.3 Å². The molecular weight excluding hydrogens is 507 g/mol. The van der Waals surface area contributed by atoms with Gasteiger partial charge in [0.2, 0.25) is 0 Å². The van der Waals surface area contributed by atoms with Gasteiger partial charge in [-0.05, 0) is 55.6 Å². The lowest BCUT2D eigenvalue weighted by molar-refractivity contribution is -0.132. The Balaban J connectivity index is 1.83. The van der Waals surface area contributed by atoms with Gasteiger partial charge in [0.15, 0.2) is 0 Å². The van der Waals surface area contributed by atoms with Crippen LogP contribution in [0.2, 0.25) is 0 Å². The molecule has 2 aliphatic carbocycles. The van der Waals surface area contributed by atoms with E-state index in [0.29, 0.717) is 16.7 Å². The molecule has 0 radical (unpaired) electrons. The highest BCUT2D eigenvalue weighted by Gasteiger charge is 2.60. The first-order valence-corrected chi connectivity index (χ1v) is 13.7. The predicted molar refractivity (Wildman–Crippen MR) is 114 cm³/mol. The Labute approximate surface area is 194 Å². The Morgan fingerprint density at radius 3 is 2.00 bits per heavy atom. The first kappa shape index (κ1) is 26.8. The molecule has 192 valence electrons. The van der Waals surface area contributed by atoms with Crippen molar-refractivity contribution in [2.75, 3.05) is 11.4 Å². The van der Waals surface area contributed by atoms with Gasteiger partial charge in [0, 0.05) is 12.2 Å². The zero-order valence-electron chi connectivity index (χ0n) is 18.0. The summed E-state index contributed by atoms with van der Waals surface area (Å²) in [6, 6.07) is 6.91. The van der Waals surface area contributed by atoms with Gasteiger partial charge < -0.3 is 4.90 Å². The average Bonchev–Trinajstić information content (AvgIpc) is 2.72. The number of carbonyl (C=O) groups is 1. The largest absolute Gasteiger partial charge is 0.512 e. The zero-order valence-corrected chi connectivity index (χ0v) is 19.6. The van der Waals surface area contributed by atoms with Gasteiger partial charge in [-0.25, -0.2) is 16.8 Å². The van der Waals surface area contributed by atoms with Crippen molar-refractivity contribution in [3.8, 4) is 0 Å². The van der Waals surface area contributed by atoms with Crippen LogP contribution in [0.4, 0.5) is 27.6 Å². The highest BCUT2D eigenvalue weighted by atomic mass is 32.3. The van der Waals surface area contributed by atoms with Crippen molar-refractivity contribution in [1.29, 1.82) is 0 Å². The van der Waals surface area contributed by atoms with E-state index in [9.17, 15) is 43.6 Å². The number of para-hydroxylation sites is 1. The summed E-state index contributed by atoms with van der Waals surface area (Å²) in [7, 11) is -13.3. The van der Waals surface area contributed by atoms with Crippen molar-refractivity contribution in [2.45, 2.75) is 55.7 Å². The molecule has 3 rings (SSSR count). The molecule has 0 aliphatic heterocycles. The number of amides is 1. The van der Waals surface area contributed by atoms with E-state index >= 15 is 0 Å². The number of nitrogens with one attached hydrogen (secondary N) is 1. The van der Waals surface area contributed by atoms with Crippen LogP contribution in [0.3, 0.4) is 0 Å². The molecule has 1 N–H and O–H groups in total. The van der Waals surface area contributed by atoms with Crippen LogP contribution in [0, 0.1) is 17.8 Å². The Hall–Kier alpha value is -1.80. The monoisotopic (exact) mass is 532 g/mol. The minimum Gasteiger partial charge on any atom is -0.306 e. The molecule has 1 aromatic rings. The number of anilines is 1. The molecule has 2 bridgehead atoms. The van der Waals surface area contributed by atoms with Crippen molar-refractivity contribution in [1.82, 2.24) is 4.13 Å². The number of hydrogen-bond donors (Lipinski definition) is 1. The number of alkyl halides is 5. The highest BCUT2D eigenvalue weighted by molar-refractivity contribution is 8.05. The molecule has 34 heavy (non-hydrogen) atoms. The molecule has 0 heterocycles. The summed E-state index contributed by atoms with van der Waals surface area (Å²) in [6.45, 7) is -0.302. The zero-order chi connectivity index (χ0) is 25.4. The second-order valence-corrected chi connectivity index (χ2v) is 12.5. The Bertz CT molecular complexity index is 1080. The van der Waals surface area contributed by atoms with E-state index in [1.54, 1.807) is 0 Å². The summed E-state index contributed by atoms with van der Waals surface area (Å²) >= 11 is 0. The third kappa shape index (κ3) is 5.70. The number of hydrogen-bond acceptors (Lipinski definition) is 5. The summed E-state index contributed by atoms with van der Waals surface area (Å²) < 4.78 is 113. The molecule has 14 heteroatoms. The molecule has 0 saturated heterocycles. The fraction of sp³-hybridized carbons (Fsp3) is 0.650. The van der Waals surface area contributed by atoms with E-state index in [-0.39, 0.29) is 28.7 Å². The molecule has 0 spiro atoms. The molecule has 2 unspecified atom stereocenters. The third-order valence-electron chi connectivity index (χ3n) is 6.41. The van der Waals surface area contributed by atoms with Gasteiger partial charge in [-0.2, -0.15) is 22.0 Å². The van der Waals surface area contributed by atoms with Crippen molar-refractivity contribution in [2.24, 2.45) is 17.8 Å². The molecule has 0 aromatic heterocycles. The number of halogens is 5. The topological polar surface area (TPSA) is 101 Å². The number of sulfonamides is 2. The normalized spacial score (nSPS) is 24.0. The number of benzene rings is 1. The van der Waals surface area contributed by atoms with E-state index in [2.05, 4.69) is 0 Å². The summed E-state index contributed by atoms with van der Waals surface area (Å²) in [5, 5.41) is -5.48. The van der Waals surface area contributed by atoms with Crippen LogP contribution in [0.5, 0.6) is 0 Å². The number of nitrogens with zero attached hydrogens (tertiary/aromatic N) is 1. The number of rotatable bonds is 8. The lowest BCUT2D eigenvalue weighted by Crippen LogP contribution is -2.55. The predicted octanol–water partition coefficient (Wildman–Crippen LogP) is 3.99. The summed E-state index contributed by atoms with van der Waals surface area (Å²) in [4.78, 5) is 13.2. The van der Waals surface area contributed by atoms with Crippen LogP contribution in [0.15, 0.2) is 30.3 Å². The maximum atomic E-state index is 14.7. The number of fused-ring (bicyclic) bond motifs is 2. The van der Waals surface area contributed by atoms with Gasteiger partial charge in [-0.15, -0.1) is 0 Å². The van der Waals surface area contributed by atoms with Gasteiger partial charge in [0.25, 0.3) is 0 Å². The standard InChI is InChI=1S/C20H25F5N2O5S2/c21-19(22,33(29,30)26-34(31,32)20(23,24)25)18(28)27(17-7-2-1-3-8-17)10-9-16-12-14-5-4-6-15(11-14)13-16/h1-3,7-8,14-16,26H,4-6,9-13H2. The Kier molecular flexibility index (Phi) is 7.63. The maximum Gasteiger partial charge on any atom is 0.512 e. The molecule has 2 fully saturated rings. The van der Waals surface area contributed by atoms with Crippen LogP contribution in [-0.2, 0) is 24.8 Å². The SMILES string of the molecule is O=C(N(CCC1CC2CCCC(C2)C1)c1ccccc1)C(F)(F)S(=O)(=O)NS(=O)(=O)C(F)(F)F. The Morgan fingerprint density at radius 1 is 0.912 bits per heavy atom. The summed E-state index contributed by atoms with van der Waals surface area (Å²) in [5.74, 6) is -1.19. The molecule has 2 aliphatic rings. The van der Waals surface area contributed by atoms with Gasteiger partial charge in [0.1, 0.15) is 0 Å². The second kappa shape index (κ2) is 9.69. The van der Waals surface area contributed by atoms with Crippen LogP contribution < -0.4 is 9.03 Å². The van der Waals surface area contributed by atoms with Crippen LogP contribution >= 0.6 is 0 Å². The van der Waals surface area contributed by atoms with Gasteiger partial charge in [-0.3, -0.25) is 4.79 Å². The second-order valence-electron chi connectivity index (χ2n) is 8.87. The van der Waals surface area contributed by atoms with E-state index in [0.717, 1.165) is 38.5 Å². The smallest absolute Gasteiger partial charge is 0.306 e. The lowest BCUT2D eigenvalue weighted by Gasteiger charge is -2.39. The van der Waals surface area contributed by atoms with Crippen LogP contribution in [-0.4, -0.2) is 40.1 Å². The van der Waals surface area contributed by atoms with Crippen LogP contribution in [0.25, 0.3) is 0 Å². The van der Waals surface area contributed by atoms with Gasteiger partial charge in [-0.1, -0.05) is 41.6 Å². The molecular formula is C20H25F5N2O5S2. The van der Waals surface area contributed by atoms with E-state index in [1.807, 2.05) is 0 Å². The van der Waals surface area contributed by atoms with E-state index < -0.39 is 36.7 Å². The summed E-state index contributed by atoms with van der Waals surface area (Å²) in [5.41, 5.74) is -6.26. The number of carbonyl (C=O) groups excluding carboxylic acids is 1. The van der Waals surface area contributed by atoms with Gasteiger partial charge >= 0.3 is 36.7 Å². The first-order chi connectivity index (χ1) is 15.6. The average molecular weight is 533 g/mol. The summed E-state index contributed by atoms with van der Waals surface area (Å²) in [6.07, 6.45) is 6.38. The van der Waals surface area contributed by atoms with Crippen LogP contribution in [0.1, 0.15) is 44.9 Å².